The zero-order chi connectivity index (χ0) is 18.0. The fourth-order valence-corrected chi connectivity index (χ4v) is 4.18. The number of nitriles is 1. The quantitative estimate of drug-likeness (QED) is 0.701. The largest absolute Gasteiger partial charge is 0.497 e. The first-order chi connectivity index (χ1) is 12.1. The summed E-state index contributed by atoms with van der Waals surface area (Å²) in [5, 5.41) is 12.1. The molecule has 0 fully saturated rings. The van der Waals surface area contributed by atoms with E-state index in [0.717, 1.165) is 27.6 Å². The second-order valence-electron chi connectivity index (χ2n) is 5.24. The Hall–Kier alpha value is -2.56. The topological polar surface area (TPSA) is 78.8 Å². The highest BCUT2D eigenvalue weighted by Gasteiger charge is 2.19. The van der Waals surface area contributed by atoms with Crippen LogP contribution in [0.3, 0.4) is 0 Å². The molecule has 0 amide bonds. The highest BCUT2D eigenvalue weighted by Crippen LogP contribution is 2.36. The van der Waals surface area contributed by atoms with Gasteiger partial charge in [0.25, 0.3) is 5.56 Å². The van der Waals surface area contributed by atoms with Gasteiger partial charge >= 0.3 is 0 Å². The summed E-state index contributed by atoms with van der Waals surface area (Å²) in [5.41, 5.74) is 3.03. The third-order valence-electron chi connectivity index (χ3n) is 3.77. The van der Waals surface area contributed by atoms with Crippen LogP contribution in [0.4, 0.5) is 0 Å². The SMILES string of the molecule is COc1ccc(-c2nc(-c3c(C)[nH]c(=O)c(C#N)c3SC)cs2)cc1. The molecule has 0 aliphatic heterocycles. The number of aromatic amines is 1. The van der Waals surface area contributed by atoms with Gasteiger partial charge in [0.15, 0.2) is 0 Å². The summed E-state index contributed by atoms with van der Waals surface area (Å²) in [7, 11) is 1.63. The Morgan fingerprint density at radius 1 is 1.32 bits per heavy atom. The van der Waals surface area contributed by atoms with E-state index in [9.17, 15) is 10.1 Å². The van der Waals surface area contributed by atoms with Crippen LogP contribution in [0, 0.1) is 18.3 Å². The van der Waals surface area contributed by atoms with Gasteiger partial charge in [0.2, 0.25) is 0 Å². The number of thiazole rings is 1. The van der Waals surface area contributed by atoms with Crippen molar-refractivity contribution in [2.75, 3.05) is 13.4 Å². The maximum atomic E-state index is 12.0. The molecular weight excluding hydrogens is 354 g/mol. The van der Waals surface area contributed by atoms with Crippen LogP contribution in [0.2, 0.25) is 0 Å². The number of nitrogens with zero attached hydrogens (tertiary/aromatic N) is 2. The number of H-pyrrole nitrogens is 1. The number of hydrogen-bond acceptors (Lipinski definition) is 6. The van der Waals surface area contributed by atoms with Gasteiger partial charge in [-0.15, -0.1) is 23.1 Å². The van der Waals surface area contributed by atoms with E-state index in [-0.39, 0.29) is 11.1 Å². The van der Waals surface area contributed by atoms with E-state index in [2.05, 4.69) is 4.98 Å². The van der Waals surface area contributed by atoms with Crippen molar-refractivity contribution in [3.05, 3.63) is 51.3 Å². The summed E-state index contributed by atoms with van der Waals surface area (Å²) in [6.45, 7) is 1.82. The summed E-state index contributed by atoms with van der Waals surface area (Å²) in [5.74, 6) is 0.792. The highest BCUT2D eigenvalue weighted by molar-refractivity contribution is 7.98. The Kier molecular flexibility index (Phi) is 4.93. The van der Waals surface area contributed by atoms with Crippen LogP contribution in [-0.4, -0.2) is 23.3 Å². The third kappa shape index (κ3) is 3.18. The van der Waals surface area contributed by atoms with Crippen LogP contribution in [0.15, 0.2) is 39.3 Å². The molecule has 2 aromatic heterocycles. The molecular formula is C18H15N3O2S2. The van der Waals surface area contributed by atoms with Gasteiger partial charge in [-0.1, -0.05) is 0 Å². The maximum absolute atomic E-state index is 12.0. The maximum Gasteiger partial charge on any atom is 0.267 e. The summed E-state index contributed by atoms with van der Waals surface area (Å²) in [6.07, 6.45) is 1.86. The molecule has 5 nitrogen and oxygen atoms in total. The molecule has 3 rings (SSSR count). The van der Waals surface area contributed by atoms with Gasteiger partial charge in [0, 0.05) is 27.1 Å². The monoisotopic (exact) mass is 369 g/mol. The Balaban J connectivity index is 2.11. The average Bonchev–Trinajstić information content (AvgIpc) is 3.10. The lowest BCUT2D eigenvalue weighted by Gasteiger charge is -2.09. The Bertz CT molecular complexity index is 1010. The summed E-state index contributed by atoms with van der Waals surface area (Å²) >= 11 is 2.91. The number of aromatic nitrogens is 2. The number of rotatable bonds is 4. The van der Waals surface area contributed by atoms with Crippen LogP contribution >= 0.6 is 23.1 Å². The molecule has 0 bridgehead atoms. The molecule has 0 unspecified atom stereocenters. The molecule has 1 aromatic carbocycles. The number of methoxy groups -OCH3 is 1. The van der Waals surface area contributed by atoms with E-state index < -0.39 is 0 Å². The van der Waals surface area contributed by atoms with Crippen molar-refractivity contribution in [2.24, 2.45) is 0 Å². The van der Waals surface area contributed by atoms with Gasteiger partial charge in [-0.3, -0.25) is 4.79 Å². The minimum Gasteiger partial charge on any atom is -0.497 e. The van der Waals surface area contributed by atoms with Crippen molar-refractivity contribution in [3.63, 3.8) is 0 Å². The second-order valence-corrected chi connectivity index (χ2v) is 6.92. The lowest BCUT2D eigenvalue weighted by Crippen LogP contribution is -2.14. The third-order valence-corrected chi connectivity index (χ3v) is 5.48. The number of hydrogen-bond donors (Lipinski definition) is 1. The number of benzene rings is 1. The van der Waals surface area contributed by atoms with Crippen molar-refractivity contribution in [1.29, 1.82) is 5.26 Å². The molecule has 0 spiro atoms. The molecule has 2 heterocycles. The van der Waals surface area contributed by atoms with Gasteiger partial charge in [-0.05, 0) is 37.4 Å². The smallest absolute Gasteiger partial charge is 0.267 e. The summed E-state index contributed by atoms with van der Waals surface area (Å²) in [6, 6.07) is 9.70. The molecule has 0 saturated carbocycles. The molecule has 0 atom stereocenters. The van der Waals surface area contributed by atoms with Gasteiger partial charge in [-0.25, -0.2) is 4.98 Å². The van der Waals surface area contributed by atoms with Crippen molar-refractivity contribution < 1.29 is 4.74 Å². The van der Waals surface area contributed by atoms with E-state index >= 15 is 0 Å². The zero-order valence-corrected chi connectivity index (χ0v) is 15.5. The number of aryl methyl sites for hydroxylation is 1. The molecule has 7 heteroatoms. The minimum atomic E-state index is -0.362. The van der Waals surface area contributed by atoms with Crippen molar-refractivity contribution in [3.8, 4) is 33.6 Å². The van der Waals surface area contributed by atoms with Gasteiger partial charge in [-0.2, -0.15) is 5.26 Å². The van der Waals surface area contributed by atoms with Crippen LogP contribution in [-0.2, 0) is 0 Å². The molecule has 126 valence electrons. The minimum absolute atomic E-state index is 0.132. The zero-order valence-electron chi connectivity index (χ0n) is 13.9. The molecule has 0 aliphatic carbocycles. The normalized spacial score (nSPS) is 10.5. The van der Waals surface area contributed by atoms with E-state index in [1.54, 1.807) is 7.11 Å². The van der Waals surface area contributed by atoms with Crippen LogP contribution in [0.5, 0.6) is 5.75 Å². The lowest BCUT2D eigenvalue weighted by atomic mass is 10.1. The molecule has 25 heavy (non-hydrogen) atoms. The first-order valence-electron chi connectivity index (χ1n) is 7.40. The number of ether oxygens (including phenoxy) is 1. The van der Waals surface area contributed by atoms with E-state index in [0.29, 0.717) is 10.6 Å². The molecule has 0 radical (unpaired) electrons. The average molecular weight is 369 g/mol. The van der Waals surface area contributed by atoms with Gasteiger partial charge in [0.1, 0.15) is 22.4 Å². The van der Waals surface area contributed by atoms with E-state index in [1.807, 2.05) is 48.9 Å². The lowest BCUT2D eigenvalue weighted by molar-refractivity contribution is 0.415. The van der Waals surface area contributed by atoms with Gasteiger partial charge < -0.3 is 9.72 Å². The standard InChI is InChI=1S/C18H15N3O2S2/c1-10-15(16(24-3)13(8-19)17(22)20-10)14-9-25-18(21-14)11-4-6-12(23-2)7-5-11/h4-7,9H,1-3H3,(H,20,22). The first kappa shape index (κ1) is 17.3. The fourth-order valence-electron chi connectivity index (χ4n) is 2.56. The van der Waals surface area contributed by atoms with Crippen LogP contribution in [0.1, 0.15) is 11.3 Å². The van der Waals surface area contributed by atoms with Crippen molar-refractivity contribution in [2.45, 2.75) is 11.8 Å². The fraction of sp³-hybridized carbons (Fsp3) is 0.167. The second kappa shape index (κ2) is 7.13. The van der Waals surface area contributed by atoms with Crippen molar-refractivity contribution >= 4 is 23.1 Å². The Labute approximate surface area is 153 Å². The predicted molar refractivity (Wildman–Crippen MR) is 101 cm³/mol. The molecule has 3 aromatic rings. The summed E-state index contributed by atoms with van der Waals surface area (Å²) in [4.78, 5) is 20.1. The molecule has 0 saturated heterocycles. The predicted octanol–water partition coefficient (Wildman–Crippen LogP) is 4.08. The highest BCUT2D eigenvalue weighted by atomic mass is 32.2. The van der Waals surface area contributed by atoms with Crippen molar-refractivity contribution in [1.82, 2.24) is 9.97 Å². The van der Waals surface area contributed by atoms with Crippen LogP contribution < -0.4 is 10.3 Å². The van der Waals surface area contributed by atoms with E-state index in [4.69, 9.17) is 9.72 Å². The van der Waals surface area contributed by atoms with Gasteiger partial charge in [0.05, 0.1) is 12.8 Å². The molecule has 1 N–H and O–H groups in total. The Morgan fingerprint density at radius 2 is 2.04 bits per heavy atom. The number of thioether (sulfide) groups is 1. The summed E-state index contributed by atoms with van der Waals surface area (Å²) < 4.78 is 5.18. The van der Waals surface area contributed by atoms with Crippen LogP contribution in [0.25, 0.3) is 21.8 Å². The number of pyridine rings is 1. The first-order valence-corrected chi connectivity index (χ1v) is 9.50. The molecule has 0 aliphatic rings. The number of nitrogens with one attached hydrogen (secondary N) is 1. The Morgan fingerprint density at radius 3 is 2.64 bits per heavy atom. The van der Waals surface area contributed by atoms with E-state index in [1.165, 1.54) is 23.1 Å².